The lowest BCUT2D eigenvalue weighted by Crippen LogP contribution is -2.06. The summed E-state index contributed by atoms with van der Waals surface area (Å²) >= 11 is 14.0. The summed E-state index contributed by atoms with van der Waals surface area (Å²) < 4.78 is 74.1. The summed E-state index contributed by atoms with van der Waals surface area (Å²) in [5.41, 5.74) is 5.97. The van der Waals surface area contributed by atoms with Crippen molar-refractivity contribution in [2.75, 3.05) is 83.4 Å². The number of fused-ring (bicyclic) bond motifs is 6. The molecular weight excluding hydrogens is 1820 g/mol. The van der Waals surface area contributed by atoms with Gasteiger partial charge in [0.25, 0.3) is 0 Å². The lowest BCUT2D eigenvalue weighted by atomic mass is 9.92. The standard InChI is InChI=1S/3C24H20I2O4/c3*1-27-13-29-23-19(25)11-15-7-3-5-9-17(15)21(23)22-18-10-6-4-8-16(18)12-20(26)24(22)30-14-28-2/h3*3-12H,13-14H2,1-2H3. The largest absolute Gasteiger partial charge is 0.466 e. The maximum atomic E-state index is 6.11. The summed E-state index contributed by atoms with van der Waals surface area (Å²) in [6.45, 7) is 0.985. The molecule has 0 aliphatic rings. The minimum absolute atomic E-state index is 0.164. The number of hydrogen-bond acceptors (Lipinski definition) is 12. The van der Waals surface area contributed by atoms with Crippen LogP contribution in [0.5, 0.6) is 34.5 Å². The van der Waals surface area contributed by atoms with Gasteiger partial charge in [-0.05, 0) is 237 Å². The van der Waals surface area contributed by atoms with Crippen molar-refractivity contribution in [3.63, 3.8) is 0 Å². The molecule has 12 aromatic rings. The molecule has 0 atom stereocenters. The smallest absolute Gasteiger partial charge is 0.188 e. The Bertz CT molecular complexity index is 3790. The van der Waals surface area contributed by atoms with Crippen LogP contribution in [0.15, 0.2) is 182 Å². The van der Waals surface area contributed by atoms with Crippen LogP contribution in [0.2, 0.25) is 0 Å². The third kappa shape index (κ3) is 15.0. The van der Waals surface area contributed by atoms with Crippen molar-refractivity contribution < 1.29 is 56.8 Å². The molecule has 0 amide bonds. The molecule has 0 saturated carbocycles. The Balaban J connectivity index is 0.000000148. The van der Waals surface area contributed by atoms with Crippen molar-refractivity contribution in [2.45, 2.75) is 0 Å². The highest BCUT2D eigenvalue weighted by molar-refractivity contribution is 14.1. The molecule has 0 spiro atoms. The SMILES string of the molecule is COCOc1c(I)cc2ccccc2c1-c1c(OCOC)c(I)cc2ccccc12.COCOc1c(I)cc2ccccc2c1-c1c(OCOC)c(I)cc2ccccc12.COCOc1c(I)cc2ccccc2c1-c1c(OCOC)c(I)cc2ccccc12. The molecule has 12 nitrogen and oxygen atoms in total. The van der Waals surface area contributed by atoms with Crippen molar-refractivity contribution >= 4 is 200 Å². The van der Waals surface area contributed by atoms with Gasteiger partial charge in [-0.2, -0.15) is 0 Å². The fourth-order valence-corrected chi connectivity index (χ4v) is 15.4. The number of methoxy groups -OCH3 is 6. The average molecular weight is 1880 g/mol. The normalized spacial score (nSPS) is 11.2. The molecule has 12 rings (SSSR count). The summed E-state index contributed by atoms with van der Waals surface area (Å²) in [5.74, 6) is 4.70. The highest BCUT2D eigenvalue weighted by atomic mass is 127. The van der Waals surface area contributed by atoms with E-state index >= 15 is 0 Å². The van der Waals surface area contributed by atoms with Crippen LogP contribution in [0.25, 0.3) is 98.0 Å². The van der Waals surface area contributed by atoms with E-state index in [9.17, 15) is 0 Å². The van der Waals surface area contributed by atoms with E-state index in [4.69, 9.17) is 56.8 Å². The van der Waals surface area contributed by atoms with Gasteiger partial charge in [-0.25, -0.2) is 0 Å². The molecule has 0 aliphatic heterocycles. The molecule has 0 heterocycles. The van der Waals surface area contributed by atoms with Gasteiger partial charge in [0.15, 0.2) is 40.8 Å². The number of rotatable bonds is 21. The van der Waals surface area contributed by atoms with Crippen molar-refractivity contribution in [3.8, 4) is 67.9 Å². The number of benzene rings is 12. The van der Waals surface area contributed by atoms with E-state index in [1.54, 1.807) is 42.7 Å². The highest BCUT2D eigenvalue weighted by Crippen LogP contribution is 2.52. The zero-order chi connectivity index (χ0) is 63.3. The van der Waals surface area contributed by atoms with E-state index < -0.39 is 0 Å². The van der Waals surface area contributed by atoms with Crippen molar-refractivity contribution in [2.24, 2.45) is 0 Å². The van der Waals surface area contributed by atoms with Gasteiger partial charge >= 0.3 is 0 Å². The molecule has 0 aliphatic carbocycles. The van der Waals surface area contributed by atoms with E-state index in [1.165, 1.54) is 0 Å². The van der Waals surface area contributed by atoms with Crippen LogP contribution in [0.3, 0.4) is 0 Å². The summed E-state index contributed by atoms with van der Waals surface area (Å²) in [6, 6.07) is 62.8. The van der Waals surface area contributed by atoms with Crippen LogP contribution < -0.4 is 28.4 Å². The van der Waals surface area contributed by atoms with Crippen LogP contribution in [0.4, 0.5) is 0 Å². The molecule has 90 heavy (non-hydrogen) atoms. The maximum Gasteiger partial charge on any atom is 0.188 e. The first-order chi connectivity index (χ1) is 44.0. The molecule has 12 aromatic carbocycles. The van der Waals surface area contributed by atoms with Crippen molar-refractivity contribution in [1.29, 1.82) is 0 Å². The fourth-order valence-electron chi connectivity index (χ4n) is 10.8. The van der Waals surface area contributed by atoms with Crippen LogP contribution in [0.1, 0.15) is 0 Å². The monoisotopic (exact) mass is 1880 g/mol. The quantitative estimate of drug-likeness (QED) is 0.0504. The molecule has 0 bridgehead atoms. The Labute approximate surface area is 604 Å². The zero-order valence-corrected chi connectivity index (χ0v) is 62.7. The Hall–Kier alpha value is -4.86. The Morgan fingerprint density at radius 2 is 0.344 bits per heavy atom. The van der Waals surface area contributed by atoms with Gasteiger partial charge in [-0.3, -0.25) is 0 Å². The summed E-state index contributed by atoms with van der Waals surface area (Å²) in [6.07, 6.45) is 0. The average Bonchev–Trinajstić information content (AvgIpc) is 0.766. The molecule has 0 fully saturated rings. The van der Waals surface area contributed by atoms with Gasteiger partial charge in [-0.1, -0.05) is 146 Å². The van der Waals surface area contributed by atoms with Gasteiger partial charge in [0.2, 0.25) is 0 Å². The lowest BCUT2D eigenvalue weighted by molar-refractivity contribution is 0.0495. The van der Waals surface area contributed by atoms with Gasteiger partial charge in [0.05, 0.1) is 21.4 Å². The first kappa shape index (κ1) is 68.0. The lowest BCUT2D eigenvalue weighted by Gasteiger charge is -2.21. The van der Waals surface area contributed by atoms with Crippen molar-refractivity contribution in [1.82, 2.24) is 0 Å². The second kappa shape index (κ2) is 32.8. The van der Waals surface area contributed by atoms with Gasteiger partial charge in [0.1, 0.15) is 34.5 Å². The molecule has 0 aromatic heterocycles. The van der Waals surface area contributed by atoms with Crippen molar-refractivity contribution in [3.05, 3.63) is 203 Å². The molecule has 0 unspecified atom stereocenters. The van der Waals surface area contributed by atoms with E-state index in [1.807, 2.05) is 72.8 Å². The summed E-state index contributed by atoms with van der Waals surface area (Å²) in [5, 5.41) is 13.4. The second-order valence-corrected chi connectivity index (χ2v) is 27.0. The van der Waals surface area contributed by atoms with Crippen LogP contribution in [-0.2, 0) is 28.4 Å². The minimum atomic E-state index is 0.164. The molecule has 0 saturated heterocycles. The fraction of sp³-hybridized carbons (Fsp3) is 0.167. The molecule has 18 heteroatoms. The van der Waals surface area contributed by atoms with E-state index in [0.717, 1.165) is 154 Å². The molecule has 0 N–H and O–H groups in total. The summed E-state index contributed by atoms with van der Waals surface area (Å²) in [4.78, 5) is 0. The topological polar surface area (TPSA) is 111 Å². The van der Waals surface area contributed by atoms with Crippen LogP contribution in [0, 0.1) is 21.4 Å². The Kier molecular flexibility index (Phi) is 24.8. The van der Waals surface area contributed by atoms with Gasteiger partial charge < -0.3 is 56.8 Å². The number of hydrogen-bond donors (Lipinski definition) is 0. The third-order valence-electron chi connectivity index (χ3n) is 14.4. The predicted molar refractivity (Wildman–Crippen MR) is 412 cm³/mol. The Morgan fingerprint density at radius 3 is 0.478 bits per heavy atom. The number of ether oxygens (including phenoxy) is 12. The summed E-state index contributed by atoms with van der Waals surface area (Å²) in [7, 11) is 9.76. The highest BCUT2D eigenvalue weighted by Gasteiger charge is 2.27. The van der Waals surface area contributed by atoms with E-state index in [-0.39, 0.29) is 40.8 Å². The van der Waals surface area contributed by atoms with E-state index in [0.29, 0.717) is 0 Å². The minimum Gasteiger partial charge on any atom is -0.466 e. The third-order valence-corrected chi connectivity index (χ3v) is 19.2. The molecule has 462 valence electrons. The van der Waals surface area contributed by atoms with Crippen LogP contribution in [-0.4, -0.2) is 83.4 Å². The van der Waals surface area contributed by atoms with Gasteiger partial charge in [-0.15, -0.1) is 0 Å². The molecule has 0 radical (unpaired) electrons. The first-order valence-electron chi connectivity index (χ1n) is 28.0. The Morgan fingerprint density at radius 1 is 0.211 bits per heavy atom. The molecular formula is C72H60I6O12. The first-order valence-corrected chi connectivity index (χ1v) is 34.4. The van der Waals surface area contributed by atoms with Crippen LogP contribution >= 0.6 is 136 Å². The predicted octanol–water partition coefficient (Wildman–Crippen LogP) is 20.5. The second-order valence-electron chi connectivity index (χ2n) is 20.0. The van der Waals surface area contributed by atoms with Gasteiger partial charge in [0, 0.05) is 76.0 Å². The maximum absolute atomic E-state index is 6.11. The zero-order valence-electron chi connectivity index (χ0n) is 49.7. The number of halogens is 6. The van der Waals surface area contributed by atoms with E-state index in [2.05, 4.69) is 245 Å².